The molecule has 0 aliphatic carbocycles. The summed E-state index contributed by atoms with van der Waals surface area (Å²) in [7, 11) is 4.07. The highest BCUT2D eigenvalue weighted by molar-refractivity contribution is 7.10. The highest BCUT2D eigenvalue weighted by Gasteiger charge is 2.16. The number of benzene rings is 2. The summed E-state index contributed by atoms with van der Waals surface area (Å²) < 4.78 is 0. The Balaban J connectivity index is 1.65. The van der Waals surface area contributed by atoms with Gasteiger partial charge in [0.2, 0.25) is 0 Å². The number of nitrogens with one attached hydrogen (secondary N) is 1. The monoisotopic (exact) mass is 350 g/mol. The third kappa shape index (κ3) is 4.35. The van der Waals surface area contributed by atoms with Crippen LogP contribution in [0.5, 0.6) is 0 Å². The molecule has 0 aliphatic rings. The molecule has 0 saturated heterocycles. The number of carbonyl (C=O) groups excluding carboxylic acids is 1. The molecular formula is C21H22N2OS. The molecule has 2 aromatic carbocycles. The van der Waals surface area contributed by atoms with Gasteiger partial charge in [0, 0.05) is 17.0 Å². The van der Waals surface area contributed by atoms with Crippen LogP contribution in [0.25, 0.3) is 11.1 Å². The number of hydrogen-bond donors (Lipinski definition) is 1. The largest absolute Gasteiger partial charge is 0.350 e. The molecule has 1 N–H and O–H groups in total. The molecule has 0 fully saturated rings. The van der Waals surface area contributed by atoms with Gasteiger partial charge in [-0.25, -0.2) is 0 Å². The molecule has 25 heavy (non-hydrogen) atoms. The number of rotatable bonds is 6. The lowest BCUT2D eigenvalue weighted by molar-refractivity contribution is 0.0942. The normalized spacial score (nSPS) is 12.1. The summed E-state index contributed by atoms with van der Waals surface area (Å²) in [6.45, 7) is 0.590. The molecule has 1 amide bonds. The van der Waals surface area contributed by atoms with E-state index in [9.17, 15) is 4.79 Å². The molecule has 4 heteroatoms. The summed E-state index contributed by atoms with van der Waals surface area (Å²) in [5.41, 5.74) is 2.95. The first-order valence-electron chi connectivity index (χ1n) is 8.28. The van der Waals surface area contributed by atoms with E-state index in [-0.39, 0.29) is 11.9 Å². The lowest BCUT2D eigenvalue weighted by Crippen LogP contribution is -2.34. The molecule has 0 bridgehead atoms. The maximum absolute atomic E-state index is 12.5. The molecule has 1 atom stereocenters. The maximum atomic E-state index is 12.5. The van der Waals surface area contributed by atoms with Crippen LogP contribution in [-0.2, 0) is 0 Å². The fraction of sp³-hybridized carbons (Fsp3) is 0.190. The molecule has 0 saturated carbocycles. The summed E-state index contributed by atoms with van der Waals surface area (Å²) in [6.07, 6.45) is 0. The molecular weight excluding hydrogens is 328 g/mol. The van der Waals surface area contributed by atoms with Crippen LogP contribution in [0.4, 0.5) is 0 Å². The second-order valence-corrected chi connectivity index (χ2v) is 7.13. The van der Waals surface area contributed by atoms with Crippen molar-refractivity contribution >= 4 is 17.2 Å². The van der Waals surface area contributed by atoms with Gasteiger partial charge in [-0.15, -0.1) is 11.3 Å². The van der Waals surface area contributed by atoms with Gasteiger partial charge in [-0.1, -0.05) is 48.5 Å². The van der Waals surface area contributed by atoms with Gasteiger partial charge in [0.05, 0.1) is 6.04 Å². The van der Waals surface area contributed by atoms with E-state index in [1.807, 2.05) is 62.6 Å². The van der Waals surface area contributed by atoms with Gasteiger partial charge in [0.15, 0.2) is 0 Å². The highest BCUT2D eigenvalue weighted by atomic mass is 32.1. The first kappa shape index (κ1) is 17.4. The van der Waals surface area contributed by atoms with Crippen molar-refractivity contribution in [1.29, 1.82) is 0 Å². The van der Waals surface area contributed by atoms with Crippen molar-refractivity contribution in [3.8, 4) is 11.1 Å². The molecule has 0 aliphatic heterocycles. The molecule has 0 unspecified atom stereocenters. The van der Waals surface area contributed by atoms with Gasteiger partial charge >= 0.3 is 0 Å². The van der Waals surface area contributed by atoms with Crippen molar-refractivity contribution in [3.63, 3.8) is 0 Å². The standard InChI is InChI=1S/C21H22N2OS/c1-23(2)19(20-9-6-14-25-20)15-22-21(24)18-12-10-17(11-13-18)16-7-4-3-5-8-16/h3-14,19H,15H2,1-2H3,(H,22,24)/t19-/m0/s1. The third-order valence-electron chi connectivity index (χ3n) is 4.21. The fourth-order valence-electron chi connectivity index (χ4n) is 2.75. The molecule has 3 rings (SSSR count). The minimum absolute atomic E-state index is 0.0389. The van der Waals surface area contributed by atoms with E-state index in [0.717, 1.165) is 11.1 Å². The van der Waals surface area contributed by atoms with Crippen molar-refractivity contribution in [2.45, 2.75) is 6.04 Å². The van der Waals surface area contributed by atoms with Crippen LogP contribution >= 0.6 is 11.3 Å². The topological polar surface area (TPSA) is 32.3 Å². The number of thiophene rings is 1. The molecule has 3 nitrogen and oxygen atoms in total. The fourth-order valence-corrected chi connectivity index (χ4v) is 3.68. The Morgan fingerprint density at radius 3 is 2.24 bits per heavy atom. The van der Waals surface area contributed by atoms with Crippen molar-refractivity contribution in [2.75, 3.05) is 20.6 Å². The van der Waals surface area contributed by atoms with Crippen LogP contribution in [0.1, 0.15) is 21.3 Å². The van der Waals surface area contributed by atoms with E-state index >= 15 is 0 Å². The van der Waals surface area contributed by atoms with Crippen molar-refractivity contribution in [1.82, 2.24) is 10.2 Å². The van der Waals surface area contributed by atoms with Crippen molar-refractivity contribution in [3.05, 3.63) is 82.6 Å². The second kappa shape index (κ2) is 8.10. The highest BCUT2D eigenvalue weighted by Crippen LogP contribution is 2.23. The number of carbonyl (C=O) groups is 1. The van der Waals surface area contributed by atoms with Crippen LogP contribution in [-0.4, -0.2) is 31.4 Å². The molecule has 1 aromatic heterocycles. The summed E-state index contributed by atoms with van der Waals surface area (Å²) in [6, 6.07) is 22.3. The first-order valence-corrected chi connectivity index (χ1v) is 9.16. The Bertz CT molecular complexity index is 796. The van der Waals surface area contributed by atoms with Crippen molar-refractivity contribution < 1.29 is 4.79 Å². The number of likely N-dealkylation sites (N-methyl/N-ethyl adjacent to an activating group) is 1. The Morgan fingerprint density at radius 2 is 1.64 bits per heavy atom. The Hall–Kier alpha value is -2.43. The predicted octanol–water partition coefficient (Wildman–Crippen LogP) is 4.45. The van der Waals surface area contributed by atoms with Crippen LogP contribution < -0.4 is 5.32 Å². The van der Waals surface area contributed by atoms with E-state index < -0.39 is 0 Å². The van der Waals surface area contributed by atoms with Gasteiger partial charge in [-0.3, -0.25) is 4.79 Å². The smallest absolute Gasteiger partial charge is 0.251 e. The minimum atomic E-state index is -0.0389. The summed E-state index contributed by atoms with van der Waals surface area (Å²) in [5, 5.41) is 5.12. The average molecular weight is 350 g/mol. The van der Waals surface area contributed by atoms with Crippen LogP contribution in [0.2, 0.25) is 0 Å². The summed E-state index contributed by atoms with van der Waals surface area (Å²) in [5.74, 6) is -0.0389. The first-order chi connectivity index (χ1) is 12.1. The lowest BCUT2D eigenvalue weighted by Gasteiger charge is -2.23. The molecule has 128 valence electrons. The lowest BCUT2D eigenvalue weighted by atomic mass is 10.0. The summed E-state index contributed by atoms with van der Waals surface area (Å²) in [4.78, 5) is 15.8. The van der Waals surface area contributed by atoms with E-state index in [2.05, 4.69) is 33.8 Å². The van der Waals surface area contributed by atoms with E-state index in [0.29, 0.717) is 12.1 Å². The molecule has 0 radical (unpaired) electrons. The molecule has 0 spiro atoms. The average Bonchev–Trinajstić information content (AvgIpc) is 3.16. The SMILES string of the molecule is CN(C)[C@@H](CNC(=O)c1ccc(-c2ccccc2)cc1)c1cccs1. The van der Waals surface area contributed by atoms with Crippen LogP contribution in [0.15, 0.2) is 72.1 Å². The Morgan fingerprint density at radius 1 is 0.960 bits per heavy atom. The van der Waals surface area contributed by atoms with E-state index in [1.54, 1.807) is 11.3 Å². The zero-order valence-electron chi connectivity index (χ0n) is 14.5. The van der Waals surface area contributed by atoms with Gasteiger partial charge in [-0.2, -0.15) is 0 Å². The maximum Gasteiger partial charge on any atom is 0.251 e. The molecule has 1 heterocycles. The van der Waals surface area contributed by atoms with Gasteiger partial charge in [-0.05, 0) is 48.8 Å². The third-order valence-corrected chi connectivity index (χ3v) is 5.18. The Kier molecular flexibility index (Phi) is 5.64. The van der Waals surface area contributed by atoms with Gasteiger partial charge < -0.3 is 10.2 Å². The van der Waals surface area contributed by atoms with E-state index in [1.165, 1.54) is 4.88 Å². The van der Waals surface area contributed by atoms with Gasteiger partial charge in [0.1, 0.15) is 0 Å². The zero-order chi connectivity index (χ0) is 17.6. The number of amides is 1. The number of nitrogens with zero attached hydrogens (tertiary/aromatic N) is 1. The second-order valence-electron chi connectivity index (χ2n) is 6.15. The molecule has 3 aromatic rings. The zero-order valence-corrected chi connectivity index (χ0v) is 15.3. The minimum Gasteiger partial charge on any atom is -0.350 e. The summed E-state index contributed by atoms with van der Waals surface area (Å²) >= 11 is 1.71. The van der Waals surface area contributed by atoms with Crippen LogP contribution in [0.3, 0.4) is 0 Å². The number of hydrogen-bond acceptors (Lipinski definition) is 3. The van der Waals surface area contributed by atoms with Crippen molar-refractivity contribution in [2.24, 2.45) is 0 Å². The van der Waals surface area contributed by atoms with Crippen LogP contribution in [0, 0.1) is 0 Å². The Labute approximate surface area is 152 Å². The van der Waals surface area contributed by atoms with E-state index in [4.69, 9.17) is 0 Å². The quantitative estimate of drug-likeness (QED) is 0.712. The van der Waals surface area contributed by atoms with Gasteiger partial charge in [0.25, 0.3) is 5.91 Å². The predicted molar refractivity (Wildman–Crippen MR) is 105 cm³/mol.